The molecule has 0 saturated carbocycles. The van der Waals surface area contributed by atoms with Crippen LogP contribution in [0.25, 0.3) is 11.4 Å². The molecule has 0 N–H and O–H groups in total. The predicted molar refractivity (Wildman–Crippen MR) is 85.5 cm³/mol. The van der Waals surface area contributed by atoms with Gasteiger partial charge in [0.1, 0.15) is 11.9 Å². The fourth-order valence-corrected chi connectivity index (χ4v) is 3.06. The zero-order valence-corrected chi connectivity index (χ0v) is 14.3. The molecule has 4 rings (SSSR count). The van der Waals surface area contributed by atoms with Gasteiger partial charge in [-0.15, -0.1) is 0 Å². The lowest BCUT2D eigenvalue weighted by Crippen LogP contribution is -2.34. The minimum atomic E-state index is -4.68. The standard InChI is InChI=1S/C16H15F3N6O2/c1-9-21-14(26-23-9)11-4-2-3-7-25(11)12-6-5-10(8-20-12)13-22-15(27-24-13)16(17,18)19/h5-6,8,11H,2-4,7H2,1H3/t11-/m1/s1. The van der Waals surface area contributed by atoms with Crippen molar-refractivity contribution in [1.29, 1.82) is 0 Å². The average Bonchev–Trinajstić information content (AvgIpc) is 3.31. The van der Waals surface area contributed by atoms with E-state index in [0.29, 0.717) is 23.1 Å². The summed E-state index contributed by atoms with van der Waals surface area (Å²) in [5.74, 6) is 0.217. The lowest BCUT2D eigenvalue weighted by Gasteiger charge is -2.34. The summed E-state index contributed by atoms with van der Waals surface area (Å²) in [6, 6.07) is 3.23. The van der Waals surface area contributed by atoms with Gasteiger partial charge in [-0.1, -0.05) is 10.3 Å². The highest BCUT2D eigenvalue weighted by molar-refractivity contribution is 5.56. The zero-order chi connectivity index (χ0) is 19.0. The van der Waals surface area contributed by atoms with Crippen molar-refractivity contribution >= 4 is 5.82 Å². The van der Waals surface area contributed by atoms with Crippen molar-refractivity contribution in [1.82, 2.24) is 25.3 Å². The summed E-state index contributed by atoms with van der Waals surface area (Å²) in [5, 5.41) is 7.21. The molecule has 142 valence electrons. The largest absolute Gasteiger partial charge is 0.471 e. The Kier molecular flexibility index (Phi) is 4.28. The van der Waals surface area contributed by atoms with Gasteiger partial charge < -0.3 is 13.9 Å². The van der Waals surface area contributed by atoms with E-state index in [1.54, 1.807) is 19.1 Å². The molecule has 0 aromatic carbocycles. The number of aryl methyl sites for hydroxylation is 1. The first-order chi connectivity index (χ1) is 12.9. The number of hydrogen-bond donors (Lipinski definition) is 0. The van der Waals surface area contributed by atoms with Crippen molar-refractivity contribution in [2.24, 2.45) is 0 Å². The first-order valence-electron chi connectivity index (χ1n) is 8.36. The number of hydrogen-bond acceptors (Lipinski definition) is 8. The molecule has 1 aliphatic heterocycles. The molecule has 1 atom stereocenters. The lowest BCUT2D eigenvalue weighted by atomic mass is 10.0. The van der Waals surface area contributed by atoms with Gasteiger partial charge in [0.05, 0.1) is 0 Å². The molecule has 0 radical (unpaired) electrons. The monoisotopic (exact) mass is 380 g/mol. The Morgan fingerprint density at radius 3 is 2.59 bits per heavy atom. The quantitative estimate of drug-likeness (QED) is 0.681. The van der Waals surface area contributed by atoms with Crippen LogP contribution in [-0.2, 0) is 6.18 Å². The number of aromatic nitrogens is 5. The second-order valence-corrected chi connectivity index (χ2v) is 6.21. The van der Waals surface area contributed by atoms with Crippen molar-refractivity contribution in [3.63, 3.8) is 0 Å². The molecule has 1 fully saturated rings. The Hall–Kier alpha value is -2.98. The predicted octanol–water partition coefficient (Wildman–Crippen LogP) is 3.57. The summed E-state index contributed by atoms with van der Waals surface area (Å²) in [4.78, 5) is 14.1. The smallest absolute Gasteiger partial charge is 0.345 e. The van der Waals surface area contributed by atoms with Gasteiger partial charge >= 0.3 is 12.1 Å². The number of nitrogens with zero attached hydrogens (tertiary/aromatic N) is 6. The van der Waals surface area contributed by atoms with Crippen LogP contribution in [0.4, 0.5) is 19.0 Å². The number of anilines is 1. The summed E-state index contributed by atoms with van der Waals surface area (Å²) < 4.78 is 47.3. The van der Waals surface area contributed by atoms with Crippen LogP contribution in [0.5, 0.6) is 0 Å². The second-order valence-electron chi connectivity index (χ2n) is 6.21. The number of halogens is 3. The summed E-state index contributed by atoms with van der Waals surface area (Å²) in [6.45, 7) is 2.52. The van der Waals surface area contributed by atoms with Crippen molar-refractivity contribution in [2.45, 2.75) is 38.4 Å². The SMILES string of the molecule is Cc1noc([C@H]2CCCCN2c2ccc(-c3noc(C(F)(F)F)n3)cn2)n1. The number of piperidine rings is 1. The van der Waals surface area contributed by atoms with Crippen molar-refractivity contribution in [3.05, 3.63) is 35.9 Å². The summed E-state index contributed by atoms with van der Waals surface area (Å²) in [5.41, 5.74) is 0.334. The van der Waals surface area contributed by atoms with Crippen molar-refractivity contribution < 1.29 is 22.2 Å². The van der Waals surface area contributed by atoms with Gasteiger partial charge in [0.25, 0.3) is 0 Å². The molecule has 3 aromatic rings. The normalized spacial score (nSPS) is 18.1. The van der Waals surface area contributed by atoms with E-state index >= 15 is 0 Å². The van der Waals surface area contributed by atoms with Crippen LogP contribution in [0, 0.1) is 6.92 Å². The van der Waals surface area contributed by atoms with Crippen molar-refractivity contribution in [3.8, 4) is 11.4 Å². The van der Waals surface area contributed by atoms with Gasteiger partial charge in [0.15, 0.2) is 5.82 Å². The molecule has 0 bridgehead atoms. The molecule has 3 aromatic heterocycles. The molecular weight excluding hydrogens is 365 g/mol. The first-order valence-corrected chi connectivity index (χ1v) is 8.36. The highest BCUT2D eigenvalue weighted by atomic mass is 19.4. The maximum atomic E-state index is 12.6. The van der Waals surface area contributed by atoms with E-state index < -0.39 is 12.1 Å². The molecule has 0 amide bonds. The Balaban J connectivity index is 1.58. The third-order valence-electron chi connectivity index (χ3n) is 4.30. The van der Waals surface area contributed by atoms with E-state index in [1.807, 2.05) is 0 Å². The Bertz CT molecular complexity index is 921. The van der Waals surface area contributed by atoms with Crippen molar-refractivity contribution in [2.75, 3.05) is 11.4 Å². The van der Waals surface area contributed by atoms with E-state index in [9.17, 15) is 13.2 Å². The first kappa shape index (κ1) is 17.4. The molecule has 0 spiro atoms. The number of pyridine rings is 1. The molecule has 1 saturated heterocycles. The van der Waals surface area contributed by atoms with Crippen LogP contribution in [0.2, 0.25) is 0 Å². The van der Waals surface area contributed by atoms with Crippen LogP contribution in [-0.4, -0.2) is 31.8 Å². The van der Waals surface area contributed by atoms with Gasteiger partial charge in [0.2, 0.25) is 11.7 Å². The molecule has 11 heteroatoms. The average molecular weight is 380 g/mol. The minimum Gasteiger partial charge on any atom is -0.345 e. The minimum absolute atomic E-state index is 0.0830. The molecule has 27 heavy (non-hydrogen) atoms. The Labute approximate surface area is 151 Å². The Morgan fingerprint density at radius 2 is 1.96 bits per heavy atom. The molecule has 8 nitrogen and oxygen atoms in total. The highest BCUT2D eigenvalue weighted by Crippen LogP contribution is 2.34. The van der Waals surface area contributed by atoms with E-state index in [2.05, 4.69) is 34.7 Å². The molecule has 1 aliphatic rings. The summed E-state index contributed by atoms with van der Waals surface area (Å²) >= 11 is 0. The second kappa shape index (κ2) is 6.63. The van der Waals surface area contributed by atoms with E-state index in [-0.39, 0.29) is 11.9 Å². The molecular formula is C16H15F3N6O2. The maximum absolute atomic E-state index is 12.6. The zero-order valence-electron chi connectivity index (χ0n) is 14.3. The van der Waals surface area contributed by atoms with Gasteiger partial charge in [-0.3, -0.25) is 0 Å². The van der Waals surface area contributed by atoms with Crippen LogP contribution < -0.4 is 4.90 Å². The third kappa shape index (κ3) is 3.49. The van der Waals surface area contributed by atoms with E-state index in [1.165, 1.54) is 6.20 Å². The van der Waals surface area contributed by atoms with Gasteiger partial charge in [-0.05, 0) is 38.3 Å². The van der Waals surface area contributed by atoms with E-state index in [4.69, 9.17) is 4.52 Å². The highest BCUT2D eigenvalue weighted by Gasteiger charge is 2.38. The fraction of sp³-hybridized carbons (Fsp3) is 0.438. The number of rotatable bonds is 3. The summed E-state index contributed by atoms with van der Waals surface area (Å²) in [6.07, 6.45) is -0.381. The van der Waals surface area contributed by atoms with E-state index in [0.717, 1.165) is 25.8 Å². The lowest BCUT2D eigenvalue weighted by molar-refractivity contribution is -0.159. The molecule has 4 heterocycles. The van der Waals surface area contributed by atoms with Gasteiger partial charge in [0, 0.05) is 18.3 Å². The fourth-order valence-electron chi connectivity index (χ4n) is 3.06. The van der Waals surface area contributed by atoms with Crippen LogP contribution in [0.15, 0.2) is 27.4 Å². The molecule has 0 aliphatic carbocycles. The summed E-state index contributed by atoms with van der Waals surface area (Å²) in [7, 11) is 0. The molecule has 0 unspecified atom stereocenters. The van der Waals surface area contributed by atoms with Crippen LogP contribution in [0.3, 0.4) is 0 Å². The van der Waals surface area contributed by atoms with Gasteiger partial charge in [-0.25, -0.2) is 4.98 Å². The maximum Gasteiger partial charge on any atom is 0.471 e. The van der Waals surface area contributed by atoms with Crippen LogP contribution >= 0.6 is 0 Å². The van der Waals surface area contributed by atoms with Gasteiger partial charge in [-0.2, -0.15) is 23.1 Å². The third-order valence-corrected chi connectivity index (χ3v) is 4.30. The number of alkyl halides is 3. The van der Waals surface area contributed by atoms with Crippen LogP contribution in [0.1, 0.15) is 42.9 Å². The topological polar surface area (TPSA) is 94.0 Å². The Morgan fingerprint density at radius 1 is 1.11 bits per heavy atom.